The van der Waals surface area contributed by atoms with Gasteiger partial charge >= 0.3 is 6.18 Å². The highest BCUT2D eigenvalue weighted by Crippen LogP contribution is 2.43. The first-order chi connectivity index (χ1) is 13.2. The third-order valence-electron chi connectivity index (χ3n) is 5.27. The van der Waals surface area contributed by atoms with Crippen molar-refractivity contribution < 1.29 is 18.3 Å². The van der Waals surface area contributed by atoms with Gasteiger partial charge in [-0.15, -0.1) is 0 Å². The third-order valence-corrected chi connectivity index (χ3v) is 5.27. The molecule has 144 valence electrons. The molecule has 0 aliphatic rings. The lowest BCUT2D eigenvalue weighted by atomic mass is 9.80. The van der Waals surface area contributed by atoms with Crippen LogP contribution in [-0.4, -0.2) is 21.1 Å². The van der Waals surface area contributed by atoms with Crippen LogP contribution in [0.25, 0.3) is 21.7 Å². The number of alkyl halides is 3. The molecule has 1 aromatic heterocycles. The summed E-state index contributed by atoms with van der Waals surface area (Å²) in [4.78, 5) is 0. The van der Waals surface area contributed by atoms with Crippen LogP contribution in [0.2, 0.25) is 0 Å². The van der Waals surface area contributed by atoms with Crippen molar-refractivity contribution in [1.29, 1.82) is 0 Å². The van der Waals surface area contributed by atoms with Gasteiger partial charge in [-0.2, -0.15) is 18.3 Å². The molecule has 0 saturated carbocycles. The third kappa shape index (κ3) is 3.03. The van der Waals surface area contributed by atoms with Crippen molar-refractivity contribution in [3.05, 3.63) is 77.5 Å². The fraction of sp³-hybridized carbons (Fsp3) is 0.227. The van der Waals surface area contributed by atoms with Crippen molar-refractivity contribution in [2.24, 2.45) is 7.05 Å². The summed E-state index contributed by atoms with van der Waals surface area (Å²) in [6.07, 6.45) is -4.34. The molecular weight excluding hydrogens is 365 g/mol. The lowest BCUT2D eigenvalue weighted by Crippen LogP contribution is -2.33. The minimum atomic E-state index is -4.55. The molecule has 4 aromatic rings. The van der Waals surface area contributed by atoms with E-state index in [0.29, 0.717) is 10.8 Å². The van der Waals surface area contributed by atoms with E-state index >= 15 is 0 Å². The molecule has 1 heterocycles. The highest BCUT2D eigenvalue weighted by Gasteiger charge is 2.44. The number of aliphatic hydroxyl groups is 1. The fourth-order valence-corrected chi connectivity index (χ4v) is 3.87. The number of benzene rings is 3. The SMILES string of the molecule is Cc1ccc(C(O)(CC(F)(F)F)c2ccc3c(cnn3C)c2)c2ccccc12. The summed E-state index contributed by atoms with van der Waals surface area (Å²) < 4.78 is 42.3. The number of rotatable bonds is 3. The van der Waals surface area contributed by atoms with Gasteiger partial charge in [-0.3, -0.25) is 4.68 Å². The van der Waals surface area contributed by atoms with Gasteiger partial charge in [0.05, 0.1) is 18.1 Å². The Bertz CT molecular complexity index is 1180. The molecule has 3 nitrogen and oxygen atoms in total. The Labute approximate surface area is 160 Å². The first kappa shape index (κ1) is 18.5. The van der Waals surface area contributed by atoms with Gasteiger partial charge in [-0.25, -0.2) is 0 Å². The molecular formula is C22H19F3N2O. The smallest absolute Gasteiger partial charge is 0.380 e. The van der Waals surface area contributed by atoms with E-state index in [1.807, 2.05) is 19.1 Å². The quantitative estimate of drug-likeness (QED) is 0.526. The molecule has 0 amide bonds. The van der Waals surface area contributed by atoms with Crippen LogP contribution in [-0.2, 0) is 12.6 Å². The van der Waals surface area contributed by atoms with Gasteiger partial charge in [-0.1, -0.05) is 42.5 Å². The van der Waals surface area contributed by atoms with Crippen LogP contribution >= 0.6 is 0 Å². The molecule has 0 spiro atoms. The number of aromatic nitrogens is 2. The van der Waals surface area contributed by atoms with Crippen LogP contribution in [0.15, 0.2) is 60.8 Å². The zero-order valence-corrected chi connectivity index (χ0v) is 15.5. The van der Waals surface area contributed by atoms with Crippen molar-refractivity contribution in [2.45, 2.75) is 25.1 Å². The van der Waals surface area contributed by atoms with E-state index in [4.69, 9.17) is 0 Å². The zero-order chi connectivity index (χ0) is 20.1. The number of nitrogens with zero attached hydrogens (tertiary/aromatic N) is 2. The van der Waals surface area contributed by atoms with Gasteiger partial charge in [0.1, 0.15) is 5.60 Å². The van der Waals surface area contributed by atoms with E-state index in [9.17, 15) is 18.3 Å². The van der Waals surface area contributed by atoms with Gasteiger partial charge in [0.15, 0.2) is 0 Å². The van der Waals surface area contributed by atoms with Crippen molar-refractivity contribution in [3.63, 3.8) is 0 Å². The molecule has 0 aliphatic carbocycles. The normalized spacial score (nSPS) is 14.5. The Morgan fingerprint density at radius 3 is 2.43 bits per heavy atom. The standard InChI is InChI=1S/C22H19F3N2O/c1-14-7-9-19(18-6-4-3-5-17(14)18)21(28,13-22(23,24)25)16-8-10-20-15(11-16)12-26-27(20)2/h3-12,28H,13H2,1-2H3. The number of fused-ring (bicyclic) bond motifs is 2. The summed E-state index contributed by atoms with van der Waals surface area (Å²) in [6, 6.07) is 15.4. The van der Waals surface area contributed by atoms with Crippen molar-refractivity contribution in [3.8, 4) is 0 Å². The van der Waals surface area contributed by atoms with E-state index in [1.54, 1.807) is 60.4 Å². The number of hydrogen-bond donors (Lipinski definition) is 1. The maximum Gasteiger partial charge on any atom is 0.392 e. The Morgan fingerprint density at radius 2 is 1.71 bits per heavy atom. The van der Waals surface area contributed by atoms with Crippen LogP contribution in [0, 0.1) is 6.92 Å². The number of aryl methyl sites for hydroxylation is 2. The van der Waals surface area contributed by atoms with Crippen LogP contribution in [0.4, 0.5) is 13.2 Å². The van der Waals surface area contributed by atoms with E-state index in [1.165, 1.54) is 0 Å². The first-order valence-electron chi connectivity index (χ1n) is 8.89. The maximum absolute atomic E-state index is 13.5. The average molecular weight is 384 g/mol. The summed E-state index contributed by atoms with van der Waals surface area (Å²) in [5.41, 5.74) is -0.0489. The lowest BCUT2D eigenvalue weighted by molar-refractivity contribution is -0.169. The van der Waals surface area contributed by atoms with Crippen LogP contribution in [0.3, 0.4) is 0 Å². The summed E-state index contributed by atoms with van der Waals surface area (Å²) in [7, 11) is 1.76. The van der Waals surface area contributed by atoms with E-state index in [2.05, 4.69) is 5.10 Å². The van der Waals surface area contributed by atoms with Gasteiger partial charge < -0.3 is 5.11 Å². The predicted molar refractivity (Wildman–Crippen MR) is 103 cm³/mol. The van der Waals surface area contributed by atoms with Crippen molar-refractivity contribution >= 4 is 21.7 Å². The molecule has 0 bridgehead atoms. The van der Waals surface area contributed by atoms with Crippen molar-refractivity contribution in [1.82, 2.24) is 9.78 Å². The fourth-order valence-electron chi connectivity index (χ4n) is 3.87. The van der Waals surface area contributed by atoms with Crippen LogP contribution in [0.1, 0.15) is 23.1 Å². The Morgan fingerprint density at radius 1 is 1.00 bits per heavy atom. The van der Waals surface area contributed by atoms with Crippen LogP contribution < -0.4 is 0 Å². The lowest BCUT2D eigenvalue weighted by Gasteiger charge is -2.32. The minimum Gasteiger partial charge on any atom is -0.380 e. The second-order valence-electron chi connectivity index (χ2n) is 7.17. The highest BCUT2D eigenvalue weighted by molar-refractivity contribution is 5.90. The monoisotopic (exact) mass is 384 g/mol. The Hall–Kier alpha value is -2.86. The average Bonchev–Trinajstić information content (AvgIpc) is 3.01. The first-order valence-corrected chi connectivity index (χ1v) is 8.89. The molecule has 1 N–H and O–H groups in total. The van der Waals surface area contributed by atoms with Crippen LogP contribution in [0.5, 0.6) is 0 Å². The summed E-state index contributed by atoms with van der Waals surface area (Å²) in [5, 5.41) is 17.7. The minimum absolute atomic E-state index is 0.194. The van der Waals surface area contributed by atoms with Crippen molar-refractivity contribution in [2.75, 3.05) is 0 Å². The summed E-state index contributed by atoms with van der Waals surface area (Å²) in [6.45, 7) is 1.90. The number of halogens is 3. The molecule has 0 fully saturated rings. The molecule has 0 aliphatic heterocycles. The molecule has 1 atom stereocenters. The van der Waals surface area contributed by atoms with E-state index in [0.717, 1.165) is 16.5 Å². The summed E-state index contributed by atoms with van der Waals surface area (Å²) >= 11 is 0. The van der Waals surface area contributed by atoms with Gasteiger partial charge in [0.2, 0.25) is 0 Å². The second kappa shape index (κ2) is 6.34. The molecule has 3 aromatic carbocycles. The number of hydrogen-bond acceptors (Lipinski definition) is 2. The topological polar surface area (TPSA) is 38.1 Å². The second-order valence-corrected chi connectivity index (χ2v) is 7.17. The molecule has 28 heavy (non-hydrogen) atoms. The van der Waals surface area contributed by atoms with Gasteiger partial charge in [0.25, 0.3) is 0 Å². The van der Waals surface area contributed by atoms with E-state index in [-0.39, 0.29) is 11.1 Å². The molecule has 6 heteroatoms. The Balaban J connectivity index is 2.00. The predicted octanol–water partition coefficient (Wildman–Crippen LogP) is 5.22. The summed E-state index contributed by atoms with van der Waals surface area (Å²) in [5.74, 6) is 0. The Kier molecular flexibility index (Phi) is 4.19. The van der Waals surface area contributed by atoms with E-state index < -0.39 is 18.2 Å². The largest absolute Gasteiger partial charge is 0.392 e. The molecule has 4 rings (SSSR count). The molecule has 0 saturated heterocycles. The molecule has 1 unspecified atom stereocenters. The molecule has 0 radical (unpaired) electrons. The maximum atomic E-state index is 13.5. The van der Waals surface area contributed by atoms with Gasteiger partial charge in [-0.05, 0) is 46.5 Å². The van der Waals surface area contributed by atoms with Gasteiger partial charge in [0, 0.05) is 12.4 Å². The highest BCUT2D eigenvalue weighted by atomic mass is 19.4. The zero-order valence-electron chi connectivity index (χ0n) is 15.5.